The molecular formula is C17H19ClN2O3S. The van der Waals surface area contributed by atoms with Gasteiger partial charge in [-0.2, -0.15) is 0 Å². The maximum Gasteiger partial charge on any atom is 0.319 e. The van der Waals surface area contributed by atoms with Gasteiger partial charge in [0.15, 0.2) is 5.16 Å². The Labute approximate surface area is 149 Å². The number of esters is 1. The van der Waals surface area contributed by atoms with Gasteiger partial charge in [-0.05, 0) is 38.5 Å². The van der Waals surface area contributed by atoms with Gasteiger partial charge in [0.25, 0.3) is 5.56 Å². The predicted molar refractivity (Wildman–Crippen MR) is 95.8 cm³/mol. The third-order valence-corrected chi connectivity index (χ3v) is 4.62. The summed E-state index contributed by atoms with van der Waals surface area (Å²) in [6.45, 7) is 5.59. The molecule has 0 saturated carbocycles. The van der Waals surface area contributed by atoms with E-state index in [2.05, 4.69) is 9.97 Å². The Bertz CT molecular complexity index is 774. The number of benzene rings is 1. The molecule has 0 amide bonds. The zero-order valence-electron chi connectivity index (χ0n) is 13.8. The van der Waals surface area contributed by atoms with Gasteiger partial charge < -0.3 is 9.72 Å². The van der Waals surface area contributed by atoms with E-state index in [0.717, 1.165) is 5.56 Å². The Balaban J connectivity index is 2.17. The summed E-state index contributed by atoms with van der Waals surface area (Å²) in [6, 6.07) is 7.34. The van der Waals surface area contributed by atoms with Crippen molar-refractivity contribution in [2.24, 2.45) is 0 Å². The molecule has 128 valence electrons. The minimum atomic E-state index is -0.436. The second-order valence-corrected chi connectivity index (χ2v) is 7.02. The molecule has 24 heavy (non-hydrogen) atoms. The molecule has 0 radical (unpaired) electrons. The van der Waals surface area contributed by atoms with Gasteiger partial charge in [-0.15, -0.1) is 0 Å². The van der Waals surface area contributed by atoms with E-state index in [1.54, 1.807) is 32.9 Å². The predicted octanol–water partition coefficient (Wildman–Crippen LogP) is 3.37. The lowest BCUT2D eigenvalue weighted by molar-refractivity contribution is -0.142. The topological polar surface area (TPSA) is 72.0 Å². The molecule has 0 bridgehead atoms. The average Bonchev–Trinajstić information content (AvgIpc) is 2.53. The molecule has 0 spiro atoms. The highest BCUT2D eigenvalue weighted by molar-refractivity contribution is 8.00. The van der Waals surface area contributed by atoms with Crippen LogP contribution in [0.5, 0.6) is 0 Å². The molecule has 7 heteroatoms. The number of nitrogens with zero attached hydrogens (tertiary/aromatic N) is 1. The van der Waals surface area contributed by atoms with E-state index in [9.17, 15) is 9.59 Å². The number of aryl methyl sites for hydroxylation is 1. The maximum absolute atomic E-state index is 12.4. The second kappa shape index (κ2) is 8.35. The molecule has 1 atom stereocenters. The monoisotopic (exact) mass is 366 g/mol. The summed E-state index contributed by atoms with van der Waals surface area (Å²) >= 11 is 7.05. The molecule has 1 aromatic carbocycles. The minimum absolute atomic E-state index is 0.198. The van der Waals surface area contributed by atoms with Crippen LogP contribution in [0.3, 0.4) is 0 Å². The molecule has 1 aromatic heterocycles. The number of hydrogen-bond donors (Lipinski definition) is 1. The number of aromatic amines is 1. The van der Waals surface area contributed by atoms with Gasteiger partial charge in [0, 0.05) is 22.7 Å². The largest absolute Gasteiger partial charge is 0.465 e. The molecule has 0 aliphatic rings. The van der Waals surface area contributed by atoms with Crippen molar-refractivity contribution in [2.75, 3.05) is 6.61 Å². The first-order valence-electron chi connectivity index (χ1n) is 7.58. The number of rotatable bonds is 6. The Morgan fingerprint density at radius 2 is 2.04 bits per heavy atom. The van der Waals surface area contributed by atoms with Crippen molar-refractivity contribution in [3.63, 3.8) is 0 Å². The summed E-state index contributed by atoms with van der Waals surface area (Å²) in [5, 5.41) is 0.634. The quantitative estimate of drug-likeness (QED) is 0.482. The smallest absolute Gasteiger partial charge is 0.319 e. The summed E-state index contributed by atoms with van der Waals surface area (Å²) < 4.78 is 4.96. The number of halogens is 1. The molecule has 5 nitrogen and oxygen atoms in total. The van der Waals surface area contributed by atoms with E-state index in [0.29, 0.717) is 34.5 Å². The molecule has 1 heterocycles. The molecule has 2 rings (SSSR count). The molecule has 1 N–H and O–H groups in total. The van der Waals surface area contributed by atoms with E-state index in [4.69, 9.17) is 16.3 Å². The summed E-state index contributed by atoms with van der Waals surface area (Å²) in [7, 11) is 0. The van der Waals surface area contributed by atoms with Gasteiger partial charge >= 0.3 is 5.97 Å². The third-order valence-electron chi connectivity index (χ3n) is 3.40. The Kier molecular flexibility index (Phi) is 6.45. The highest BCUT2D eigenvalue weighted by atomic mass is 35.5. The number of ether oxygens (including phenoxy) is 1. The maximum atomic E-state index is 12.4. The number of nitrogens with one attached hydrogen (secondary N) is 1. The fourth-order valence-corrected chi connectivity index (χ4v) is 3.10. The summed E-state index contributed by atoms with van der Waals surface area (Å²) in [5.41, 5.74) is 2.03. The van der Waals surface area contributed by atoms with Crippen LogP contribution < -0.4 is 5.56 Å². The standard InChI is InChI=1S/C17H19ClN2O3S/c1-4-23-16(22)11(3)24-17-19-10(2)14(15(21)20-17)9-12-5-7-13(18)8-6-12/h5-8,11H,4,9H2,1-3H3,(H,19,20,21). The normalized spacial score (nSPS) is 12.0. The molecule has 0 aliphatic carbocycles. The van der Waals surface area contributed by atoms with Crippen LogP contribution in [0, 0.1) is 6.92 Å². The fraction of sp³-hybridized carbons (Fsp3) is 0.353. The lowest BCUT2D eigenvalue weighted by atomic mass is 10.1. The van der Waals surface area contributed by atoms with Crippen LogP contribution in [0.15, 0.2) is 34.2 Å². The van der Waals surface area contributed by atoms with Crippen LogP contribution >= 0.6 is 23.4 Å². The summed E-state index contributed by atoms with van der Waals surface area (Å²) in [6.07, 6.45) is 0.476. The van der Waals surface area contributed by atoms with Crippen molar-refractivity contribution in [3.8, 4) is 0 Å². The number of carbonyl (C=O) groups excluding carboxylic acids is 1. The molecule has 0 fully saturated rings. The van der Waals surface area contributed by atoms with Gasteiger partial charge in [-0.3, -0.25) is 9.59 Å². The second-order valence-electron chi connectivity index (χ2n) is 5.25. The number of thioether (sulfide) groups is 1. The third kappa shape index (κ3) is 4.85. The van der Waals surface area contributed by atoms with Gasteiger partial charge in [-0.25, -0.2) is 4.98 Å². The highest BCUT2D eigenvalue weighted by Gasteiger charge is 2.18. The van der Waals surface area contributed by atoms with Crippen LogP contribution in [0.1, 0.15) is 30.7 Å². The van der Waals surface area contributed by atoms with Crippen LogP contribution in [0.2, 0.25) is 5.02 Å². The first-order valence-corrected chi connectivity index (χ1v) is 8.84. The van der Waals surface area contributed by atoms with E-state index in [-0.39, 0.29) is 11.5 Å². The summed E-state index contributed by atoms with van der Waals surface area (Å²) in [4.78, 5) is 31.2. The van der Waals surface area contributed by atoms with Crippen molar-refractivity contribution < 1.29 is 9.53 Å². The molecule has 0 saturated heterocycles. The summed E-state index contributed by atoms with van der Waals surface area (Å²) in [5.74, 6) is -0.326. The van der Waals surface area contributed by atoms with Crippen molar-refractivity contribution in [3.05, 3.63) is 56.5 Å². The highest BCUT2D eigenvalue weighted by Crippen LogP contribution is 2.21. The number of H-pyrrole nitrogens is 1. The number of hydrogen-bond acceptors (Lipinski definition) is 5. The Hall–Kier alpha value is -1.79. The van der Waals surface area contributed by atoms with Gasteiger partial charge in [0.1, 0.15) is 5.25 Å². The Morgan fingerprint density at radius 3 is 2.62 bits per heavy atom. The molecule has 1 unspecified atom stereocenters. The van der Waals surface area contributed by atoms with Gasteiger partial charge in [0.2, 0.25) is 0 Å². The first-order chi connectivity index (χ1) is 11.4. The van der Waals surface area contributed by atoms with Crippen LogP contribution in [0.25, 0.3) is 0 Å². The molecular weight excluding hydrogens is 348 g/mol. The SMILES string of the molecule is CCOC(=O)C(C)Sc1nc(C)c(Cc2ccc(Cl)cc2)c(=O)[nH]1. The van der Waals surface area contributed by atoms with Crippen molar-refractivity contribution in [1.82, 2.24) is 9.97 Å². The van der Waals surface area contributed by atoms with E-state index in [1.165, 1.54) is 11.8 Å². The minimum Gasteiger partial charge on any atom is -0.465 e. The van der Waals surface area contributed by atoms with E-state index >= 15 is 0 Å². The van der Waals surface area contributed by atoms with Crippen molar-refractivity contribution >= 4 is 29.3 Å². The van der Waals surface area contributed by atoms with Crippen LogP contribution in [-0.4, -0.2) is 27.8 Å². The first kappa shape index (κ1) is 18.5. The average molecular weight is 367 g/mol. The van der Waals surface area contributed by atoms with Crippen molar-refractivity contribution in [1.29, 1.82) is 0 Å². The van der Waals surface area contributed by atoms with E-state index < -0.39 is 5.25 Å². The fourth-order valence-electron chi connectivity index (χ4n) is 2.13. The molecule has 0 aliphatic heterocycles. The van der Waals surface area contributed by atoms with Crippen molar-refractivity contribution in [2.45, 2.75) is 37.6 Å². The van der Waals surface area contributed by atoms with E-state index in [1.807, 2.05) is 12.1 Å². The zero-order valence-corrected chi connectivity index (χ0v) is 15.3. The lowest BCUT2D eigenvalue weighted by Gasteiger charge is -2.11. The number of carbonyl (C=O) groups is 1. The van der Waals surface area contributed by atoms with Crippen LogP contribution in [-0.2, 0) is 16.0 Å². The van der Waals surface area contributed by atoms with Gasteiger partial charge in [0.05, 0.1) is 6.61 Å². The number of aromatic nitrogens is 2. The molecule has 2 aromatic rings. The lowest BCUT2D eigenvalue weighted by Crippen LogP contribution is -2.21. The zero-order chi connectivity index (χ0) is 17.7. The van der Waals surface area contributed by atoms with Crippen LogP contribution in [0.4, 0.5) is 0 Å². The van der Waals surface area contributed by atoms with Gasteiger partial charge in [-0.1, -0.05) is 35.5 Å². The Morgan fingerprint density at radius 1 is 1.38 bits per heavy atom.